The van der Waals surface area contributed by atoms with E-state index in [0.717, 1.165) is 41.5 Å². The topological polar surface area (TPSA) is 75.5 Å². The number of carbonyl (C=O) groups is 1. The number of rotatable bonds is 10. The molecule has 3 aromatic rings. The predicted molar refractivity (Wildman–Crippen MR) is 125 cm³/mol. The van der Waals surface area contributed by atoms with Crippen LogP contribution in [-0.2, 0) is 16.3 Å². The van der Waals surface area contributed by atoms with Gasteiger partial charge in [-0.3, -0.25) is 0 Å². The summed E-state index contributed by atoms with van der Waals surface area (Å²) in [5.74, 6) is 2.03. The van der Waals surface area contributed by atoms with Crippen molar-refractivity contribution in [3.05, 3.63) is 54.4 Å². The lowest BCUT2D eigenvalue weighted by Crippen LogP contribution is -2.22. The minimum atomic E-state index is -1.11. The number of carbonyl (C=O) groups excluding carboxylic acids is 1. The molecule has 8 heteroatoms. The van der Waals surface area contributed by atoms with E-state index in [0.29, 0.717) is 31.4 Å². The van der Waals surface area contributed by atoms with Crippen LogP contribution in [0, 0.1) is 0 Å². The van der Waals surface area contributed by atoms with Crippen molar-refractivity contribution in [1.29, 1.82) is 0 Å². The highest BCUT2D eigenvalue weighted by molar-refractivity contribution is 6.76. The highest BCUT2D eigenvalue weighted by Gasteiger charge is 2.24. The minimum absolute atomic E-state index is 0.123. The first-order valence-electron chi connectivity index (χ1n) is 10.9. The number of benzene rings is 1. The zero-order valence-corrected chi connectivity index (χ0v) is 19.8. The molecule has 0 radical (unpaired) electrons. The Morgan fingerprint density at radius 1 is 1.22 bits per heavy atom. The van der Waals surface area contributed by atoms with E-state index in [1.54, 1.807) is 12.4 Å². The fraction of sp³-hybridized carbons (Fsp3) is 0.375. The number of fused-ring (bicyclic) bond motifs is 1. The van der Waals surface area contributed by atoms with E-state index >= 15 is 0 Å². The van der Waals surface area contributed by atoms with Crippen molar-refractivity contribution >= 4 is 14.4 Å². The Morgan fingerprint density at radius 2 is 2.09 bits per heavy atom. The lowest BCUT2D eigenvalue weighted by Gasteiger charge is -2.26. The van der Waals surface area contributed by atoms with Crippen molar-refractivity contribution in [3.8, 4) is 28.6 Å². The van der Waals surface area contributed by atoms with Crippen LogP contribution in [-0.4, -0.2) is 42.3 Å². The smallest absolute Gasteiger partial charge is 0.219 e. The number of hydrogen-bond acceptors (Lipinski definition) is 6. The molecular weight excluding hydrogens is 422 g/mol. The first kappa shape index (κ1) is 22.2. The molecule has 32 heavy (non-hydrogen) atoms. The Hall–Kier alpha value is -2.97. The lowest BCUT2D eigenvalue weighted by molar-refractivity contribution is -0.108. The maximum absolute atomic E-state index is 10.8. The highest BCUT2D eigenvalue weighted by Crippen LogP contribution is 2.38. The van der Waals surface area contributed by atoms with Crippen LogP contribution < -0.4 is 9.47 Å². The van der Waals surface area contributed by atoms with Crippen LogP contribution in [0.3, 0.4) is 0 Å². The van der Waals surface area contributed by atoms with Crippen LogP contribution in [0.2, 0.25) is 25.7 Å². The lowest BCUT2D eigenvalue weighted by atomic mass is 9.99. The molecule has 0 aliphatic carbocycles. The number of pyridine rings is 1. The fourth-order valence-corrected chi connectivity index (χ4v) is 4.31. The standard InChI is InChI=1S/C24H29N3O4Si/c1-32(2,3)13-12-29-17-27-22(8-10-26-27)18-4-7-24(25-15-18)31-20-5-6-21-19(9-11-28)16-30-23(21)14-20/h4-8,10-11,14-15,19H,9,12-13,16-17H2,1-3H3/q-1. The zero-order valence-electron chi connectivity index (χ0n) is 18.8. The zero-order chi connectivity index (χ0) is 22.6. The van der Waals surface area contributed by atoms with Crippen molar-refractivity contribution in [2.24, 2.45) is 0 Å². The van der Waals surface area contributed by atoms with Crippen molar-refractivity contribution < 1.29 is 19.0 Å². The van der Waals surface area contributed by atoms with Gasteiger partial charge in [-0.15, -0.1) is 14.1 Å². The summed E-state index contributed by atoms with van der Waals surface area (Å²) < 4.78 is 19.3. The van der Waals surface area contributed by atoms with E-state index in [1.807, 2.05) is 41.1 Å². The van der Waals surface area contributed by atoms with Gasteiger partial charge in [-0.2, -0.15) is 24.7 Å². The number of ether oxygens (including phenoxy) is 3. The third-order valence-corrected chi connectivity index (χ3v) is 7.13. The molecule has 0 saturated heterocycles. The van der Waals surface area contributed by atoms with Gasteiger partial charge >= 0.3 is 0 Å². The second-order valence-corrected chi connectivity index (χ2v) is 14.8. The molecular formula is C24H29N3O4Si-. The third-order valence-electron chi connectivity index (χ3n) is 5.43. The monoisotopic (exact) mass is 451 g/mol. The third kappa shape index (κ3) is 5.44. The molecule has 1 aliphatic heterocycles. The average molecular weight is 452 g/mol. The summed E-state index contributed by atoms with van der Waals surface area (Å²) in [6, 6.07) is 12.6. The van der Waals surface area contributed by atoms with E-state index in [9.17, 15) is 4.79 Å². The van der Waals surface area contributed by atoms with Gasteiger partial charge < -0.3 is 19.0 Å². The normalized spacial score (nSPS) is 15.3. The van der Waals surface area contributed by atoms with Crippen LogP contribution in [0.1, 0.15) is 17.9 Å². The van der Waals surface area contributed by atoms with Crippen molar-refractivity contribution in [3.63, 3.8) is 0 Å². The molecule has 0 spiro atoms. The number of aldehydes is 1. The molecule has 0 saturated carbocycles. The molecule has 0 fully saturated rings. The minimum Gasteiger partial charge on any atom is -0.492 e. The van der Waals surface area contributed by atoms with Crippen molar-refractivity contribution in [2.45, 2.75) is 44.8 Å². The SMILES string of the molecule is C[Si-](C)(C)CCOCn1nccc1-c1ccc(Oc2ccc3c(c2)OCC3CC=O)nc1. The summed E-state index contributed by atoms with van der Waals surface area (Å²) in [6.45, 7) is 8.72. The van der Waals surface area contributed by atoms with Crippen molar-refractivity contribution in [1.82, 2.24) is 14.8 Å². The largest absolute Gasteiger partial charge is 0.492 e. The maximum Gasteiger partial charge on any atom is 0.219 e. The molecule has 3 heterocycles. The van der Waals surface area contributed by atoms with E-state index in [-0.39, 0.29) is 5.92 Å². The molecule has 1 aliphatic rings. The summed E-state index contributed by atoms with van der Waals surface area (Å²) in [6.07, 6.45) is 4.94. The Bertz CT molecular complexity index is 1060. The second-order valence-electron chi connectivity index (χ2n) is 9.16. The summed E-state index contributed by atoms with van der Waals surface area (Å²) in [5.41, 5.74) is 2.94. The number of nitrogens with zero attached hydrogens (tertiary/aromatic N) is 3. The molecule has 0 bridgehead atoms. The van der Waals surface area contributed by atoms with E-state index < -0.39 is 8.07 Å². The van der Waals surface area contributed by atoms with E-state index in [2.05, 4.69) is 29.7 Å². The van der Waals surface area contributed by atoms with Gasteiger partial charge in [-0.05, 0) is 18.2 Å². The Labute approximate surface area is 189 Å². The summed E-state index contributed by atoms with van der Waals surface area (Å²) in [5, 5.41) is 4.38. The molecule has 0 N–H and O–H groups in total. The van der Waals surface area contributed by atoms with Crippen LogP contribution in [0.25, 0.3) is 11.3 Å². The molecule has 169 valence electrons. The van der Waals surface area contributed by atoms with Gasteiger partial charge in [0.25, 0.3) is 0 Å². The number of aromatic nitrogens is 3. The first-order valence-corrected chi connectivity index (χ1v) is 14.6. The molecule has 4 rings (SSSR count). The van der Waals surface area contributed by atoms with Gasteiger partial charge in [0.2, 0.25) is 5.88 Å². The van der Waals surface area contributed by atoms with Crippen LogP contribution >= 0.6 is 0 Å². The molecule has 0 amide bonds. The van der Waals surface area contributed by atoms with Gasteiger partial charge in [0.05, 0.1) is 12.3 Å². The fourth-order valence-electron chi connectivity index (χ4n) is 3.55. The quantitative estimate of drug-likeness (QED) is 0.242. The van der Waals surface area contributed by atoms with Crippen LogP contribution in [0.15, 0.2) is 48.8 Å². The maximum atomic E-state index is 10.8. The average Bonchev–Trinajstić information content (AvgIpc) is 3.38. The summed E-state index contributed by atoms with van der Waals surface area (Å²) in [4.78, 5) is 15.3. The molecule has 2 aromatic heterocycles. The Balaban J connectivity index is 1.38. The summed E-state index contributed by atoms with van der Waals surface area (Å²) in [7, 11) is -1.11. The van der Waals surface area contributed by atoms with Crippen LogP contribution in [0.4, 0.5) is 0 Å². The van der Waals surface area contributed by atoms with Crippen LogP contribution in [0.5, 0.6) is 17.4 Å². The predicted octanol–water partition coefficient (Wildman–Crippen LogP) is 5.11. The molecule has 1 atom stereocenters. The first-order chi connectivity index (χ1) is 15.4. The van der Waals surface area contributed by atoms with E-state index in [1.165, 1.54) is 0 Å². The molecule has 7 nitrogen and oxygen atoms in total. The van der Waals surface area contributed by atoms with Crippen molar-refractivity contribution in [2.75, 3.05) is 13.2 Å². The van der Waals surface area contributed by atoms with Gasteiger partial charge in [-0.25, -0.2) is 9.67 Å². The van der Waals surface area contributed by atoms with E-state index in [4.69, 9.17) is 14.2 Å². The molecule has 1 aromatic carbocycles. The van der Waals surface area contributed by atoms with Gasteiger partial charge in [-0.1, -0.05) is 6.07 Å². The van der Waals surface area contributed by atoms with Gasteiger partial charge in [0.1, 0.15) is 24.5 Å². The summed E-state index contributed by atoms with van der Waals surface area (Å²) >= 11 is 0. The Morgan fingerprint density at radius 3 is 2.84 bits per heavy atom. The van der Waals surface area contributed by atoms with Gasteiger partial charge in [0.15, 0.2) is 0 Å². The second kappa shape index (κ2) is 9.66. The molecule has 1 unspecified atom stereocenters. The number of hydrogen-bond donors (Lipinski definition) is 0. The Kier molecular flexibility index (Phi) is 6.71. The van der Waals surface area contributed by atoms with Gasteiger partial charge in [0, 0.05) is 54.6 Å². The highest BCUT2D eigenvalue weighted by atomic mass is 28.3.